The Morgan fingerprint density at radius 2 is 1.96 bits per heavy atom. The SMILES string of the molecule is CCCCOc1ccc(NC(=O)NCc2nccnc2-c2ccco2)cc1. The standard InChI is InChI=1S/C20H22N4O3/c1-2-3-12-26-16-8-6-15(7-9-16)24-20(25)23-14-17-19(22-11-10-21-17)18-5-4-13-27-18/h4-11,13H,2-3,12,14H2,1H3,(H2,23,24,25). The van der Waals surface area contributed by atoms with Crippen LogP contribution in [0, 0.1) is 0 Å². The average Bonchev–Trinajstić information content (AvgIpc) is 3.23. The molecule has 0 aliphatic carbocycles. The number of aromatic nitrogens is 2. The first-order valence-corrected chi connectivity index (χ1v) is 8.87. The van der Waals surface area contributed by atoms with Crippen LogP contribution in [-0.2, 0) is 6.54 Å². The number of hydrogen-bond acceptors (Lipinski definition) is 5. The fourth-order valence-electron chi connectivity index (χ4n) is 2.42. The van der Waals surface area contributed by atoms with Gasteiger partial charge in [0.05, 0.1) is 25.1 Å². The van der Waals surface area contributed by atoms with Gasteiger partial charge in [0.15, 0.2) is 5.76 Å². The second-order valence-electron chi connectivity index (χ2n) is 5.86. The van der Waals surface area contributed by atoms with Crippen molar-refractivity contribution >= 4 is 11.7 Å². The van der Waals surface area contributed by atoms with Gasteiger partial charge in [0.1, 0.15) is 11.4 Å². The van der Waals surface area contributed by atoms with Crippen LogP contribution in [0.3, 0.4) is 0 Å². The molecule has 0 unspecified atom stereocenters. The molecule has 140 valence electrons. The smallest absolute Gasteiger partial charge is 0.319 e. The van der Waals surface area contributed by atoms with E-state index >= 15 is 0 Å². The molecule has 27 heavy (non-hydrogen) atoms. The quantitative estimate of drug-likeness (QED) is 0.582. The van der Waals surface area contributed by atoms with Gasteiger partial charge in [-0.15, -0.1) is 0 Å². The maximum absolute atomic E-state index is 12.2. The number of anilines is 1. The van der Waals surface area contributed by atoms with Crippen LogP contribution in [0.4, 0.5) is 10.5 Å². The summed E-state index contributed by atoms with van der Waals surface area (Å²) in [5, 5.41) is 5.56. The van der Waals surface area contributed by atoms with Gasteiger partial charge in [-0.3, -0.25) is 4.98 Å². The normalized spacial score (nSPS) is 10.4. The van der Waals surface area contributed by atoms with Gasteiger partial charge in [0, 0.05) is 18.1 Å². The largest absolute Gasteiger partial charge is 0.494 e. The van der Waals surface area contributed by atoms with E-state index in [0.29, 0.717) is 29.4 Å². The zero-order valence-electron chi connectivity index (χ0n) is 15.1. The molecule has 7 heteroatoms. The molecule has 2 aromatic heterocycles. The third-order valence-electron chi connectivity index (χ3n) is 3.82. The van der Waals surface area contributed by atoms with E-state index in [4.69, 9.17) is 9.15 Å². The summed E-state index contributed by atoms with van der Waals surface area (Å²) < 4.78 is 11.0. The highest BCUT2D eigenvalue weighted by Gasteiger charge is 2.11. The lowest BCUT2D eigenvalue weighted by Gasteiger charge is -2.10. The monoisotopic (exact) mass is 366 g/mol. The molecule has 3 rings (SSSR count). The van der Waals surface area contributed by atoms with E-state index in [1.807, 2.05) is 12.1 Å². The third kappa shape index (κ3) is 5.31. The first-order valence-electron chi connectivity index (χ1n) is 8.87. The number of unbranched alkanes of at least 4 members (excludes halogenated alkanes) is 1. The number of carbonyl (C=O) groups is 1. The number of furan rings is 1. The third-order valence-corrected chi connectivity index (χ3v) is 3.82. The lowest BCUT2D eigenvalue weighted by atomic mass is 10.2. The van der Waals surface area contributed by atoms with E-state index in [2.05, 4.69) is 27.5 Å². The molecule has 0 saturated heterocycles. The van der Waals surface area contributed by atoms with Crippen molar-refractivity contribution in [1.82, 2.24) is 15.3 Å². The van der Waals surface area contributed by atoms with Crippen molar-refractivity contribution in [3.8, 4) is 17.2 Å². The maximum Gasteiger partial charge on any atom is 0.319 e. The van der Waals surface area contributed by atoms with Gasteiger partial charge >= 0.3 is 6.03 Å². The molecule has 0 aliphatic heterocycles. The van der Waals surface area contributed by atoms with E-state index in [0.717, 1.165) is 18.6 Å². The molecular formula is C20H22N4O3. The van der Waals surface area contributed by atoms with Crippen molar-refractivity contribution in [3.63, 3.8) is 0 Å². The van der Waals surface area contributed by atoms with E-state index < -0.39 is 0 Å². The van der Waals surface area contributed by atoms with E-state index in [1.54, 1.807) is 42.9 Å². The summed E-state index contributed by atoms with van der Waals surface area (Å²) in [7, 11) is 0. The van der Waals surface area contributed by atoms with E-state index in [9.17, 15) is 4.79 Å². The number of carbonyl (C=O) groups excluding carboxylic acids is 1. The van der Waals surface area contributed by atoms with Gasteiger partial charge in [-0.2, -0.15) is 0 Å². The molecule has 3 aromatic rings. The van der Waals surface area contributed by atoms with Crippen molar-refractivity contribution in [2.45, 2.75) is 26.3 Å². The van der Waals surface area contributed by atoms with E-state index in [1.165, 1.54) is 0 Å². The molecular weight excluding hydrogens is 344 g/mol. The van der Waals surface area contributed by atoms with Gasteiger partial charge in [-0.1, -0.05) is 13.3 Å². The predicted octanol–water partition coefficient (Wildman–Crippen LogP) is 4.24. The molecule has 1 aromatic carbocycles. The number of nitrogens with one attached hydrogen (secondary N) is 2. The summed E-state index contributed by atoms with van der Waals surface area (Å²) in [5.41, 5.74) is 1.92. The summed E-state index contributed by atoms with van der Waals surface area (Å²) in [5.74, 6) is 1.40. The van der Waals surface area contributed by atoms with Crippen molar-refractivity contribution in [3.05, 3.63) is 60.7 Å². The lowest BCUT2D eigenvalue weighted by molar-refractivity contribution is 0.251. The minimum absolute atomic E-state index is 0.230. The second kappa shape index (κ2) is 9.38. The van der Waals surface area contributed by atoms with Gasteiger partial charge in [0.25, 0.3) is 0 Å². The average molecular weight is 366 g/mol. The van der Waals surface area contributed by atoms with Crippen LogP contribution < -0.4 is 15.4 Å². The van der Waals surface area contributed by atoms with Crippen molar-refractivity contribution in [2.75, 3.05) is 11.9 Å². The number of nitrogens with zero attached hydrogens (tertiary/aromatic N) is 2. The first-order chi connectivity index (χ1) is 13.3. The Kier molecular flexibility index (Phi) is 6.40. The highest BCUT2D eigenvalue weighted by atomic mass is 16.5. The van der Waals surface area contributed by atoms with Crippen LogP contribution in [0.25, 0.3) is 11.5 Å². The lowest BCUT2D eigenvalue weighted by Crippen LogP contribution is -2.28. The molecule has 0 fully saturated rings. The zero-order chi connectivity index (χ0) is 18.9. The van der Waals surface area contributed by atoms with Gasteiger partial charge < -0.3 is 19.8 Å². The summed E-state index contributed by atoms with van der Waals surface area (Å²) >= 11 is 0. The topological polar surface area (TPSA) is 89.3 Å². The van der Waals surface area contributed by atoms with Crippen LogP contribution in [0.1, 0.15) is 25.5 Å². The molecule has 0 bridgehead atoms. The number of ether oxygens (including phenoxy) is 1. The molecule has 7 nitrogen and oxygen atoms in total. The van der Waals surface area contributed by atoms with Crippen molar-refractivity contribution < 1.29 is 13.9 Å². The molecule has 0 saturated carbocycles. The summed E-state index contributed by atoms with van der Waals surface area (Å²) in [6.45, 7) is 3.04. The minimum Gasteiger partial charge on any atom is -0.494 e. The Balaban J connectivity index is 1.53. The number of benzene rings is 1. The highest BCUT2D eigenvalue weighted by Crippen LogP contribution is 2.20. The molecule has 0 spiro atoms. The Hall–Kier alpha value is -3.35. The summed E-state index contributed by atoms with van der Waals surface area (Å²) in [6.07, 6.45) is 6.85. The predicted molar refractivity (Wildman–Crippen MR) is 102 cm³/mol. The number of urea groups is 1. The molecule has 2 amide bonds. The maximum atomic E-state index is 12.2. The van der Waals surface area contributed by atoms with Crippen LogP contribution in [0.2, 0.25) is 0 Å². The Morgan fingerprint density at radius 1 is 1.15 bits per heavy atom. The van der Waals surface area contributed by atoms with Crippen molar-refractivity contribution in [1.29, 1.82) is 0 Å². The Morgan fingerprint density at radius 3 is 2.70 bits per heavy atom. The molecule has 2 N–H and O–H groups in total. The summed E-state index contributed by atoms with van der Waals surface area (Å²) in [6, 6.07) is 10.5. The molecule has 0 aliphatic rings. The first kappa shape index (κ1) is 18.4. The van der Waals surface area contributed by atoms with Gasteiger partial charge in [-0.25, -0.2) is 9.78 Å². The van der Waals surface area contributed by atoms with Crippen LogP contribution >= 0.6 is 0 Å². The number of amides is 2. The van der Waals surface area contributed by atoms with Gasteiger partial charge in [0.2, 0.25) is 0 Å². The number of hydrogen-bond donors (Lipinski definition) is 2. The van der Waals surface area contributed by atoms with E-state index in [-0.39, 0.29) is 12.6 Å². The Labute approximate surface area is 157 Å². The second-order valence-corrected chi connectivity index (χ2v) is 5.86. The summed E-state index contributed by atoms with van der Waals surface area (Å²) in [4.78, 5) is 20.7. The molecule has 2 heterocycles. The van der Waals surface area contributed by atoms with Crippen LogP contribution in [-0.4, -0.2) is 22.6 Å². The minimum atomic E-state index is -0.328. The highest BCUT2D eigenvalue weighted by molar-refractivity contribution is 5.89. The zero-order valence-corrected chi connectivity index (χ0v) is 15.1. The fourth-order valence-corrected chi connectivity index (χ4v) is 2.42. The Bertz CT molecular complexity index is 848. The van der Waals surface area contributed by atoms with Crippen LogP contribution in [0.15, 0.2) is 59.5 Å². The molecule has 0 radical (unpaired) electrons. The van der Waals surface area contributed by atoms with Crippen LogP contribution in [0.5, 0.6) is 5.75 Å². The van der Waals surface area contributed by atoms with Crippen molar-refractivity contribution in [2.24, 2.45) is 0 Å². The number of rotatable bonds is 8. The fraction of sp³-hybridized carbons (Fsp3) is 0.250. The molecule has 0 atom stereocenters. The van der Waals surface area contributed by atoms with Gasteiger partial charge in [-0.05, 0) is 42.8 Å².